The summed E-state index contributed by atoms with van der Waals surface area (Å²) in [5, 5.41) is 1.02. The Bertz CT molecular complexity index is 1030. The van der Waals surface area contributed by atoms with E-state index in [9.17, 15) is 4.79 Å². The fourth-order valence-corrected chi connectivity index (χ4v) is 4.56. The van der Waals surface area contributed by atoms with E-state index in [2.05, 4.69) is 20.9 Å². The molecule has 1 saturated heterocycles. The summed E-state index contributed by atoms with van der Waals surface area (Å²) in [6.45, 7) is 3.31. The van der Waals surface area contributed by atoms with Crippen LogP contribution in [-0.4, -0.2) is 48.2 Å². The molecule has 0 radical (unpaired) electrons. The van der Waals surface area contributed by atoms with Gasteiger partial charge in [0.05, 0.1) is 17.5 Å². The van der Waals surface area contributed by atoms with Crippen molar-refractivity contribution in [2.45, 2.75) is 18.8 Å². The zero-order chi connectivity index (χ0) is 18.4. The molecule has 8 heteroatoms. The molecule has 3 heterocycles. The van der Waals surface area contributed by atoms with E-state index in [4.69, 9.17) is 14.7 Å². The Morgan fingerprint density at radius 1 is 1.15 bits per heavy atom. The number of piperazine rings is 1. The van der Waals surface area contributed by atoms with Gasteiger partial charge in [-0.3, -0.25) is 9.78 Å². The van der Waals surface area contributed by atoms with Gasteiger partial charge in [-0.25, -0.2) is 9.97 Å². The summed E-state index contributed by atoms with van der Waals surface area (Å²) >= 11 is 1.69. The predicted octanol–water partition coefficient (Wildman–Crippen LogP) is 2.59. The number of benzene rings is 1. The molecule has 2 aromatic heterocycles. The van der Waals surface area contributed by atoms with Crippen LogP contribution in [0.15, 0.2) is 29.1 Å². The summed E-state index contributed by atoms with van der Waals surface area (Å²) in [5.41, 5.74) is 1.81. The Labute approximate surface area is 160 Å². The van der Waals surface area contributed by atoms with Gasteiger partial charge < -0.3 is 14.5 Å². The first-order valence-corrected chi connectivity index (χ1v) is 10.1. The number of aromatic nitrogens is 3. The highest BCUT2D eigenvalue weighted by Gasteiger charge is 2.27. The Kier molecular flexibility index (Phi) is 4.00. The van der Waals surface area contributed by atoms with Crippen molar-refractivity contribution in [2.24, 2.45) is 0 Å². The van der Waals surface area contributed by atoms with Crippen LogP contribution >= 0.6 is 11.3 Å². The summed E-state index contributed by atoms with van der Waals surface area (Å²) in [4.78, 5) is 28.8. The van der Waals surface area contributed by atoms with Crippen molar-refractivity contribution in [3.63, 3.8) is 0 Å². The standard InChI is InChI=1S/C19H21N5O2S/c1-26-14-3-2-4-15-17(14)22-19(27-15)24-9-7-23(8-10-24)18-20-13(12-5-6-12)11-16(25)21-18/h2-4,11-12H,5-10H2,1H3,(H,20,21,25). The lowest BCUT2D eigenvalue weighted by Crippen LogP contribution is -2.47. The quantitative estimate of drug-likeness (QED) is 0.746. The molecule has 1 aliphatic heterocycles. The van der Waals surface area contributed by atoms with Crippen molar-refractivity contribution < 1.29 is 4.74 Å². The van der Waals surface area contributed by atoms with Crippen LogP contribution in [0.2, 0.25) is 0 Å². The highest BCUT2D eigenvalue weighted by Crippen LogP contribution is 2.39. The van der Waals surface area contributed by atoms with Crippen molar-refractivity contribution in [1.29, 1.82) is 0 Å². The van der Waals surface area contributed by atoms with Crippen LogP contribution < -0.4 is 20.1 Å². The van der Waals surface area contributed by atoms with E-state index in [1.54, 1.807) is 24.5 Å². The molecule has 0 bridgehead atoms. The summed E-state index contributed by atoms with van der Waals surface area (Å²) in [6, 6.07) is 7.66. The Morgan fingerprint density at radius 3 is 2.67 bits per heavy atom. The maximum Gasteiger partial charge on any atom is 0.252 e. The van der Waals surface area contributed by atoms with Crippen LogP contribution in [0.3, 0.4) is 0 Å². The Morgan fingerprint density at radius 2 is 1.93 bits per heavy atom. The number of nitrogens with one attached hydrogen (secondary N) is 1. The molecule has 2 fully saturated rings. The second kappa shape index (κ2) is 6.53. The van der Waals surface area contributed by atoms with Gasteiger partial charge >= 0.3 is 0 Å². The van der Waals surface area contributed by atoms with Crippen molar-refractivity contribution in [1.82, 2.24) is 15.0 Å². The van der Waals surface area contributed by atoms with Crippen molar-refractivity contribution in [3.8, 4) is 5.75 Å². The zero-order valence-electron chi connectivity index (χ0n) is 15.1. The first-order valence-electron chi connectivity index (χ1n) is 9.26. The minimum absolute atomic E-state index is 0.0532. The lowest BCUT2D eigenvalue weighted by molar-refractivity contribution is 0.419. The molecule has 1 N–H and O–H groups in total. The normalized spacial score (nSPS) is 17.5. The molecule has 0 unspecified atom stereocenters. The lowest BCUT2D eigenvalue weighted by atomic mass is 10.3. The molecule has 1 aliphatic carbocycles. The molecule has 140 valence electrons. The third-order valence-corrected chi connectivity index (χ3v) is 6.27. The number of aromatic amines is 1. The molecule has 3 aromatic rings. The number of rotatable bonds is 4. The average molecular weight is 383 g/mol. The Hall–Kier alpha value is -2.61. The molecule has 7 nitrogen and oxygen atoms in total. The summed E-state index contributed by atoms with van der Waals surface area (Å²) in [5.74, 6) is 1.99. The minimum atomic E-state index is -0.0532. The Balaban J connectivity index is 1.34. The zero-order valence-corrected chi connectivity index (χ0v) is 16.0. The van der Waals surface area contributed by atoms with Gasteiger partial charge in [-0.05, 0) is 25.0 Å². The molecular formula is C19H21N5O2S. The van der Waals surface area contributed by atoms with E-state index in [1.165, 1.54) is 0 Å². The molecule has 1 saturated carbocycles. The number of methoxy groups -OCH3 is 1. The fourth-order valence-electron chi connectivity index (χ4n) is 3.52. The molecule has 5 rings (SSSR count). The third-order valence-electron chi connectivity index (χ3n) is 5.18. The number of hydrogen-bond acceptors (Lipinski definition) is 7. The first-order chi connectivity index (χ1) is 13.2. The van der Waals surface area contributed by atoms with Crippen molar-refractivity contribution in [3.05, 3.63) is 40.3 Å². The predicted molar refractivity (Wildman–Crippen MR) is 107 cm³/mol. The van der Waals surface area contributed by atoms with Gasteiger partial charge in [0, 0.05) is 38.2 Å². The number of nitrogens with zero attached hydrogens (tertiary/aromatic N) is 4. The van der Waals surface area contributed by atoms with Gasteiger partial charge in [0.25, 0.3) is 5.56 Å². The highest BCUT2D eigenvalue weighted by molar-refractivity contribution is 7.22. The number of para-hydroxylation sites is 1. The monoisotopic (exact) mass is 383 g/mol. The summed E-state index contributed by atoms with van der Waals surface area (Å²) in [7, 11) is 1.68. The molecule has 0 atom stereocenters. The molecule has 2 aliphatic rings. The van der Waals surface area contributed by atoms with Crippen LogP contribution in [0.4, 0.5) is 11.1 Å². The van der Waals surface area contributed by atoms with Crippen LogP contribution in [-0.2, 0) is 0 Å². The van der Waals surface area contributed by atoms with Crippen molar-refractivity contribution in [2.75, 3.05) is 43.1 Å². The second-order valence-corrected chi connectivity index (χ2v) is 8.05. The average Bonchev–Trinajstić information content (AvgIpc) is 3.45. The van der Waals surface area contributed by atoms with Gasteiger partial charge in [0.2, 0.25) is 5.95 Å². The number of H-pyrrole nitrogens is 1. The number of thiazole rings is 1. The maximum absolute atomic E-state index is 12.0. The van der Waals surface area contributed by atoms with E-state index in [-0.39, 0.29) is 5.56 Å². The lowest BCUT2D eigenvalue weighted by Gasteiger charge is -2.34. The molecular weight excluding hydrogens is 362 g/mol. The topological polar surface area (TPSA) is 74.3 Å². The van der Waals surface area contributed by atoms with Gasteiger partial charge in [0.15, 0.2) is 5.13 Å². The summed E-state index contributed by atoms with van der Waals surface area (Å²) in [6.07, 6.45) is 2.29. The SMILES string of the molecule is COc1cccc2sc(N3CCN(c4nc(C5CC5)cc(=O)[nH]4)CC3)nc12. The van der Waals surface area contributed by atoms with E-state index in [0.717, 1.165) is 65.8 Å². The van der Waals surface area contributed by atoms with Gasteiger partial charge in [-0.15, -0.1) is 0 Å². The van der Waals surface area contributed by atoms with Gasteiger partial charge in [-0.1, -0.05) is 17.4 Å². The molecule has 0 spiro atoms. The smallest absolute Gasteiger partial charge is 0.252 e. The van der Waals surface area contributed by atoms with E-state index in [0.29, 0.717) is 11.9 Å². The van der Waals surface area contributed by atoms with E-state index in [1.807, 2.05) is 12.1 Å². The fraction of sp³-hybridized carbons (Fsp3) is 0.421. The van der Waals surface area contributed by atoms with Crippen LogP contribution in [0, 0.1) is 0 Å². The minimum Gasteiger partial charge on any atom is -0.494 e. The number of ether oxygens (including phenoxy) is 1. The highest BCUT2D eigenvalue weighted by atomic mass is 32.1. The number of hydrogen-bond donors (Lipinski definition) is 1. The second-order valence-electron chi connectivity index (χ2n) is 7.05. The van der Waals surface area contributed by atoms with E-state index < -0.39 is 0 Å². The third kappa shape index (κ3) is 3.14. The molecule has 0 amide bonds. The largest absolute Gasteiger partial charge is 0.494 e. The van der Waals surface area contributed by atoms with Crippen LogP contribution in [0.1, 0.15) is 24.5 Å². The van der Waals surface area contributed by atoms with Crippen molar-refractivity contribution >= 4 is 32.6 Å². The molecule has 27 heavy (non-hydrogen) atoms. The van der Waals surface area contributed by atoms with Crippen LogP contribution in [0.5, 0.6) is 5.75 Å². The summed E-state index contributed by atoms with van der Waals surface area (Å²) < 4.78 is 6.56. The van der Waals surface area contributed by atoms with Crippen LogP contribution in [0.25, 0.3) is 10.2 Å². The maximum atomic E-state index is 12.0. The number of anilines is 2. The van der Waals surface area contributed by atoms with Gasteiger partial charge in [0.1, 0.15) is 11.3 Å². The van der Waals surface area contributed by atoms with Gasteiger partial charge in [-0.2, -0.15) is 0 Å². The molecule has 1 aromatic carbocycles. The number of fused-ring (bicyclic) bond motifs is 1. The first kappa shape index (κ1) is 16.6. The van der Waals surface area contributed by atoms with E-state index >= 15 is 0 Å².